The first-order chi connectivity index (χ1) is 16.2. The molecular weight excluding hydrogens is 485 g/mol. The van der Waals surface area contributed by atoms with Gasteiger partial charge >= 0.3 is 6.09 Å². The van der Waals surface area contributed by atoms with Gasteiger partial charge in [0.05, 0.1) is 29.5 Å². The Labute approximate surface area is 200 Å². The van der Waals surface area contributed by atoms with Crippen LogP contribution in [0.15, 0.2) is 30.3 Å². The highest BCUT2D eigenvalue weighted by Gasteiger charge is 2.37. The number of carbonyl (C=O) groups excluding carboxylic acids is 1. The summed E-state index contributed by atoms with van der Waals surface area (Å²) in [4.78, 5) is 17.1. The van der Waals surface area contributed by atoms with E-state index in [2.05, 4.69) is 15.0 Å². The minimum absolute atomic E-state index is 0.0684. The SMILES string of the molecule is CC(C)(C)NC(=O)O[C@H]1Cn2c(nc3cc(NS(C)(=O)=O)ccc32)C[C@@H]1c1cc(F)c(F)cc1F. The number of benzene rings is 2. The van der Waals surface area contributed by atoms with E-state index in [-0.39, 0.29) is 18.5 Å². The number of anilines is 1. The largest absolute Gasteiger partial charge is 0.444 e. The van der Waals surface area contributed by atoms with Gasteiger partial charge in [-0.25, -0.2) is 31.4 Å². The van der Waals surface area contributed by atoms with Crippen LogP contribution in [0.4, 0.5) is 23.7 Å². The summed E-state index contributed by atoms with van der Waals surface area (Å²) in [7, 11) is -3.50. The fourth-order valence-corrected chi connectivity index (χ4v) is 4.73. The van der Waals surface area contributed by atoms with Crippen molar-refractivity contribution in [3.8, 4) is 0 Å². The van der Waals surface area contributed by atoms with Gasteiger partial charge in [0.1, 0.15) is 17.7 Å². The molecule has 0 saturated heterocycles. The van der Waals surface area contributed by atoms with Gasteiger partial charge in [-0.15, -0.1) is 0 Å². The molecule has 2 heterocycles. The number of sulfonamides is 1. The number of ether oxygens (including phenoxy) is 1. The van der Waals surface area contributed by atoms with Crippen molar-refractivity contribution in [3.63, 3.8) is 0 Å². The van der Waals surface area contributed by atoms with E-state index in [1.54, 1.807) is 43.5 Å². The maximum absolute atomic E-state index is 14.7. The highest BCUT2D eigenvalue weighted by molar-refractivity contribution is 7.92. The van der Waals surface area contributed by atoms with Crippen molar-refractivity contribution >= 4 is 32.8 Å². The fourth-order valence-electron chi connectivity index (χ4n) is 4.18. The molecule has 0 radical (unpaired) electrons. The monoisotopic (exact) mass is 510 g/mol. The van der Waals surface area contributed by atoms with E-state index in [0.717, 1.165) is 12.3 Å². The number of nitrogens with zero attached hydrogens (tertiary/aromatic N) is 2. The second-order valence-electron chi connectivity index (χ2n) is 9.63. The van der Waals surface area contributed by atoms with Gasteiger partial charge in [0.2, 0.25) is 10.0 Å². The van der Waals surface area contributed by atoms with Crippen LogP contribution in [-0.4, -0.2) is 42.0 Å². The number of carbonyl (C=O) groups is 1. The molecule has 2 atom stereocenters. The molecule has 0 spiro atoms. The maximum Gasteiger partial charge on any atom is 0.407 e. The van der Waals surface area contributed by atoms with E-state index in [1.165, 1.54) is 0 Å². The third-order valence-electron chi connectivity index (χ3n) is 5.52. The third kappa shape index (κ3) is 5.53. The van der Waals surface area contributed by atoms with Crippen molar-refractivity contribution in [1.82, 2.24) is 14.9 Å². The van der Waals surface area contributed by atoms with Crippen molar-refractivity contribution < 1.29 is 31.1 Å². The average molecular weight is 511 g/mol. The molecule has 0 aliphatic carbocycles. The van der Waals surface area contributed by atoms with E-state index in [9.17, 15) is 26.4 Å². The topological polar surface area (TPSA) is 102 Å². The zero-order valence-electron chi connectivity index (χ0n) is 19.5. The average Bonchev–Trinajstić information content (AvgIpc) is 3.04. The van der Waals surface area contributed by atoms with Crippen molar-refractivity contribution in [3.05, 3.63) is 59.2 Å². The number of amides is 1. The Bertz CT molecular complexity index is 1420. The van der Waals surface area contributed by atoms with E-state index in [4.69, 9.17) is 4.74 Å². The Morgan fingerprint density at radius 2 is 1.80 bits per heavy atom. The lowest BCUT2D eigenvalue weighted by molar-refractivity contribution is 0.0570. The van der Waals surface area contributed by atoms with Crippen LogP contribution in [0, 0.1) is 17.5 Å². The first-order valence-corrected chi connectivity index (χ1v) is 12.7. The summed E-state index contributed by atoms with van der Waals surface area (Å²) in [5, 5.41) is 2.68. The molecule has 0 unspecified atom stereocenters. The number of nitrogens with one attached hydrogen (secondary N) is 2. The highest BCUT2D eigenvalue weighted by atomic mass is 32.2. The summed E-state index contributed by atoms with van der Waals surface area (Å²) in [6.07, 6.45) is -0.557. The second-order valence-corrected chi connectivity index (χ2v) is 11.4. The first-order valence-electron chi connectivity index (χ1n) is 10.8. The van der Waals surface area contributed by atoms with Crippen molar-refractivity contribution in [2.24, 2.45) is 0 Å². The Morgan fingerprint density at radius 1 is 1.11 bits per heavy atom. The number of hydrogen-bond acceptors (Lipinski definition) is 5. The van der Waals surface area contributed by atoms with Gasteiger partial charge in [-0.05, 0) is 50.6 Å². The van der Waals surface area contributed by atoms with Gasteiger partial charge < -0.3 is 14.6 Å². The molecule has 0 bridgehead atoms. The smallest absolute Gasteiger partial charge is 0.407 e. The second kappa shape index (κ2) is 8.74. The molecule has 2 N–H and O–H groups in total. The summed E-state index contributed by atoms with van der Waals surface area (Å²) in [6, 6.07) is 6.04. The number of fused-ring (bicyclic) bond motifs is 3. The number of rotatable bonds is 4. The summed E-state index contributed by atoms with van der Waals surface area (Å²) in [5.74, 6) is -3.82. The number of halogens is 3. The Hall–Kier alpha value is -3.28. The number of alkyl carbamates (subject to hydrolysis) is 1. The molecule has 2 aromatic carbocycles. The van der Waals surface area contributed by atoms with Gasteiger partial charge in [0.25, 0.3) is 0 Å². The zero-order valence-corrected chi connectivity index (χ0v) is 20.3. The highest BCUT2D eigenvalue weighted by Crippen LogP contribution is 2.36. The lowest BCUT2D eigenvalue weighted by Crippen LogP contribution is -2.45. The van der Waals surface area contributed by atoms with E-state index < -0.39 is 51.1 Å². The summed E-state index contributed by atoms with van der Waals surface area (Å²) in [5.41, 5.74) is 0.710. The van der Waals surface area contributed by atoms with Crippen LogP contribution in [0.5, 0.6) is 0 Å². The maximum atomic E-state index is 14.7. The molecule has 12 heteroatoms. The molecule has 35 heavy (non-hydrogen) atoms. The van der Waals surface area contributed by atoms with Crippen LogP contribution in [0.2, 0.25) is 0 Å². The summed E-state index contributed by atoms with van der Waals surface area (Å²) < 4.78 is 75.3. The molecule has 0 saturated carbocycles. The molecule has 4 rings (SSSR count). The van der Waals surface area contributed by atoms with Crippen LogP contribution in [-0.2, 0) is 27.7 Å². The standard InChI is InChI=1S/C23H25F3N4O4S/c1-23(2,3)28-22(31)34-20-11-30-19-6-5-12(29-35(4,32)33)7-18(19)27-21(30)9-14(20)13-8-16(25)17(26)10-15(13)24/h5-8,10,14,20,29H,9,11H2,1-4H3,(H,28,31)/t14-,20+/m1/s1. The molecule has 8 nitrogen and oxygen atoms in total. The van der Waals surface area contributed by atoms with Crippen molar-refractivity contribution in [2.45, 2.75) is 51.3 Å². The zero-order chi connectivity index (χ0) is 25.7. The van der Waals surface area contributed by atoms with Gasteiger partial charge in [0, 0.05) is 23.9 Å². The summed E-state index contributed by atoms with van der Waals surface area (Å²) in [6.45, 7) is 5.38. The first kappa shape index (κ1) is 24.8. The Morgan fingerprint density at radius 3 is 2.46 bits per heavy atom. The van der Waals surface area contributed by atoms with Gasteiger partial charge in [-0.2, -0.15) is 0 Å². The van der Waals surface area contributed by atoms with Crippen LogP contribution in [0.25, 0.3) is 11.0 Å². The molecule has 1 aliphatic rings. The third-order valence-corrected chi connectivity index (χ3v) is 6.13. The minimum atomic E-state index is -3.50. The van der Waals surface area contributed by atoms with E-state index in [0.29, 0.717) is 28.6 Å². The number of imidazole rings is 1. The molecular formula is C23H25F3N4O4S. The fraction of sp³-hybridized carbons (Fsp3) is 0.391. The predicted molar refractivity (Wildman–Crippen MR) is 124 cm³/mol. The van der Waals surface area contributed by atoms with E-state index in [1.807, 2.05) is 0 Å². The summed E-state index contributed by atoms with van der Waals surface area (Å²) >= 11 is 0. The van der Waals surface area contributed by atoms with Crippen molar-refractivity contribution in [2.75, 3.05) is 11.0 Å². The molecule has 1 amide bonds. The predicted octanol–water partition coefficient (Wildman–Crippen LogP) is 4.06. The Kier molecular flexibility index (Phi) is 6.20. The molecule has 1 aliphatic heterocycles. The van der Waals surface area contributed by atoms with Gasteiger partial charge in [-0.3, -0.25) is 4.72 Å². The minimum Gasteiger partial charge on any atom is -0.444 e. The van der Waals surface area contributed by atoms with Crippen LogP contribution >= 0.6 is 0 Å². The van der Waals surface area contributed by atoms with Crippen LogP contribution < -0.4 is 10.0 Å². The number of aromatic nitrogens is 2. The normalized spacial score (nSPS) is 18.3. The van der Waals surface area contributed by atoms with E-state index >= 15 is 0 Å². The van der Waals surface area contributed by atoms with Crippen LogP contribution in [0.1, 0.15) is 38.1 Å². The molecule has 3 aromatic rings. The molecule has 1 aromatic heterocycles. The Balaban J connectivity index is 1.75. The number of hydrogen-bond donors (Lipinski definition) is 2. The lowest BCUT2D eigenvalue weighted by atomic mass is 9.87. The lowest BCUT2D eigenvalue weighted by Gasteiger charge is -2.33. The van der Waals surface area contributed by atoms with Crippen molar-refractivity contribution in [1.29, 1.82) is 0 Å². The molecule has 0 fully saturated rings. The molecule has 188 valence electrons. The van der Waals surface area contributed by atoms with Crippen LogP contribution in [0.3, 0.4) is 0 Å². The van der Waals surface area contributed by atoms with Gasteiger partial charge in [0.15, 0.2) is 11.6 Å². The quantitative estimate of drug-likeness (QED) is 0.516. The van der Waals surface area contributed by atoms with Gasteiger partial charge in [-0.1, -0.05) is 0 Å².